The molecular weight excluding hydrogens is 618 g/mol. The molecule has 1 aliphatic rings. The van der Waals surface area contributed by atoms with Gasteiger partial charge in [-0.25, -0.2) is 4.79 Å². The van der Waals surface area contributed by atoms with Crippen LogP contribution in [0.4, 0.5) is 0 Å². The van der Waals surface area contributed by atoms with Gasteiger partial charge in [0.1, 0.15) is 19.3 Å². The molecule has 11 heteroatoms. The fraction of sp³-hybridized carbons (Fsp3) is 0.486. The van der Waals surface area contributed by atoms with Gasteiger partial charge in [0.15, 0.2) is 0 Å². The molecule has 1 N–H and O–H groups in total. The number of rotatable bonds is 17. The maximum Gasteiger partial charge on any atom is 0.340 e. The molecule has 11 nitrogen and oxygen atoms in total. The van der Waals surface area contributed by atoms with Crippen LogP contribution in [0.1, 0.15) is 58.9 Å². The van der Waals surface area contributed by atoms with Crippen molar-refractivity contribution in [2.75, 3.05) is 33.5 Å². The van der Waals surface area contributed by atoms with Crippen LogP contribution in [0.5, 0.6) is 0 Å². The zero-order chi connectivity index (χ0) is 34.9. The first-order valence-corrected chi connectivity index (χ1v) is 16.2. The molecule has 4 unspecified atom stereocenters. The fourth-order valence-corrected chi connectivity index (χ4v) is 5.89. The van der Waals surface area contributed by atoms with Crippen molar-refractivity contribution in [1.82, 2.24) is 0 Å². The third-order valence-corrected chi connectivity index (χ3v) is 8.98. The predicted octanol–water partition coefficient (Wildman–Crippen LogP) is 5.37. The molecule has 0 amide bonds. The van der Waals surface area contributed by atoms with Crippen molar-refractivity contribution >= 4 is 51.6 Å². The molecule has 4 atom stereocenters. The number of nitrogens with zero attached hydrogens (tertiary/aromatic N) is 1. The second-order valence-electron chi connectivity index (χ2n) is 13.1. The molecule has 1 heterocycles. The average molecular weight is 664 g/mol. The number of aliphatic hydroxyl groups is 1. The lowest BCUT2D eigenvalue weighted by Gasteiger charge is -2.32. The van der Waals surface area contributed by atoms with E-state index in [0.29, 0.717) is 13.0 Å². The molecule has 1 saturated heterocycles. The summed E-state index contributed by atoms with van der Waals surface area (Å²) in [5.41, 5.74) is -1.50. The van der Waals surface area contributed by atoms with E-state index in [0.717, 1.165) is 27.1 Å². The largest absolute Gasteiger partial charge is 0.469 e. The standard InChI is InChI=1S/C37H45NO10/c1-6-37(4,35(43)44-5)20-27(33(41)47-23-28-22-46-28)18-26(32(40)45-16-15-39)19-36(2,3)34(42)48-38-21-31-29-13-9-7-11-24(29)17-25-12-8-10-14-30(25)31/h7-14,17,21,26-28,39H,6,15-16,18-20,22-23H2,1-5H3. The molecule has 1 aliphatic heterocycles. The van der Waals surface area contributed by atoms with E-state index in [2.05, 4.69) is 11.2 Å². The Balaban J connectivity index is 1.56. The summed E-state index contributed by atoms with van der Waals surface area (Å²) in [6, 6.07) is 17.8. The van der Waals surface area contributed by atoms with Gasteiger partial charge in [-0.1, -0.05) is 60.6 Å². The van der Waals surface area contributed by atoms with Crippen LogP contribution < -0.4 is 0 Å². The van der Waals surface area contributed by atoms with E-state index in [-0.39, 0.29) is 38.6 Å². The zero-order valence-corrected chi connectivity index (χ0v) is 28.2. The zero-order valence-electron chi connectivity index (χ0n) is 28.2. The minimum Gasteiger partial charge on any atom is -0.469 e. The lowest BCUT2D eigenvalue weighted by atomic mass is 9.73. The van der Waals surface area contributed by atoms with Gasteiger partial charge in [-0.05, 0) is 74.1 Å². The maximum atomic E-state index is 13.5. The van der Waals surface area contributed by atoms with Crippen LogP contribution in [0.15, 0.2) is 59.8 Å². The average Bonchev–Trinajstić information content (AvgIpc) is 3.92. The fourth-order valence-electron chi connectivity index (χ4n) is 5.89. The number of benzene rings is 3. The monoisotopic (exact) mass is 663 g/mol. The molecule has 0 bridgehead atoms. The van der Waals surface area contributed by atoms with Crippen molar-refractivity contribution in [3.63, 3.8) is 0 Å². The summed E-state index contributed by atoms with van der Waals surface area (Å²) in [6.07, 6.45) is 1.59. The maximum absolute atomic E-state index is 13.5. The van der Waals surface area contributed by atoms with Crippen molar-refractivity contribution in [3.05, 3.63) is 60.2 Å². The van der Waals surface area contributed by atoms with Gasteiger partial charge in [0.2, 0.25) is 0 Å². The highest BCUT2D eigenvalue weighted by Crippen LogP contribution is 2.38. The van der Waals surface area contributed by atoms with Gasteiger partial charge in [0.25, 0.3) is 0 Å². The molecule has 0 saturated carbocycles. The van der Waals surface area contributed by atoms with E-state index in [9.17, 15) is 24.3 Å². The Morgan fingerprint density at radius 2 is 1.52 bits per heavy atom. The highest BCUT2D eigenvalue weighted by atomic mass is 16.7. The molecule has 48 heavy (non-hydrogen) atoms. The molecule has 3 aromatic carbocycles. The summed E-state index contributed by atoms with van der Waals surface area (Å²) in [6.45, 7) is 6.62. The summed E-state index contributed by atoms with van der Waals surface area (Å²) in [7, 11) is 1.28. The molecule has 0 radical (unpaired) electrons. The Labute approximate surface area is 280 Å². The van der Waals surface area contributed by atoms with E-state index in [4.69, 9.17) is 23.8 Å². The lowest BCUT2D eigenvalue weighted by Crippen LogP contribution is -2.37. The first-order valence-electron chi connectivity index (χ1n) is 16.2. The van der Waals surface area contributed by atoms with Gasteiger partial charge in [-0.3, -0.25) is 14.4 Å². The topological polar surface area (TPSA) is 150 Å². The summed E-state index contributed by atoms with van der Waals surface area (Å²) in [5.74, 6) is -4.38. The Morgan fingerprint density at radius 3 is 2.08 bits per heavy atom. The molecule has 0 aromatic heterocycles. The summed E-state index contributed by atoms with van der Waals surface area (Å²) in [5, 5.41) is 17.3. The number of aliphatic hydroxyl groups excluding tert-OH is 1. The number of hydrogen-bond acceptors (Lipinski definition) is 11. The number of epoxide rings is 1. The van der Waals surface area contributed by atoms with Crippen LogP contribution in [0.3, 0.4) is 0 Å². The Kier molecular flexibility index (Phi) is 12.3. The number of oxime groups is 1. The van der Waals surface area contributed by atoms with E-state index in [1.807, 2.05) is 55.5 Å². The van der Waals surface area contributed by atoms with Crippen LogP contribution >= 0.6 is 0 Å². The first-order chi connectivity index (χ1) is 22.9. The van der Waals surface area contributed by atoms with Crippen molar-refractivity contribution in [2.24, 2.45) is 27.8 Å². The molecule has 0 spiro atoms. The number of carbonyl (C=O) groups is 4. The molecule has 1 fully saturated rings. The summed E-state index contributed by atoms with van der Waals surface area (Å²) < 4.78 is 21.0. The highest BCUT2D eigenvalue weighted by molar-refractivity contribution is 6.13. The minimum atomic E-state index is -1.26. The highest BCUT2D eigenvalue weighted by Gasteiger charge is 2.43. The molecule has 4 rings (SSSR count). The smallest absolute Gasteiger partial charge is 0.340 e. The Bertz CT molecular complexity index is 1590. The normalized spacial score (nSPS) is 17.0. The summed E-state index contributed by atoms with van der Waals surface area (Å²) >= 11 is 0. The number of ether oxygens (including phenoxy) is 4. The predicted molar refractivity (Wildman–Crippen MR) is 179 cm³/mol. The van der Waals surface area contributed by atoms with E-state index in [1.165, 1.54) is 13.3 Å². The van der Waals surface area contributed by atoms with Crippen molar-refractivity contribution < 1.29 is 48.1 Å². The van der Waals surface area contributed by atoms with Gasteiger partial charge in [-0.15, -0.1) is 0 Å². The summed E-state index contributed by atoms with van der Waals surface area (Å²) in [4.78, 5) is 58.3. The molecule has 0 aliphatic carbocycles. The number of hydrogen-bond donors (Lipinski definition) is 1. The third-order valence-electron chi connectivity index (χ3n) is 8.98. The van der Waals surface area contributed by atoms with E-state index < -0.39 is 53.1 Å². The van der Waals surface area contributed by atoms with Crippen LogP contribution in [-0.2, 0) is 43.0 Å². The third kappa shape index (κ3) is 9.17. The van der Waals surface area contributed by atoms with Crippen molar-refractivity contribution in [3.8, 4) is 0 Å². The van der Waals surface area contributed by atoms with Crippen molar-refractivity contribution in [2.45, 2.75) is 59.5 Å². The van der Waals surface area contributed by atoms with Gasteiger partial charge < -0.3 is 28.9 Å². The quantitative estimate of drug-likeness (QED) is 0.0380. The van der Waals surface area contributed by atoms with Crippen LogP contribution in [-0.4, -0.2) is 74.8 Å². The number of methoxy groups -OCH3 is 1. The SMILES string of the molecule is CCC(C)(CC(CC(CC(C)(C)C(=O)ON=Cc1c2ccccc2cc2ccccc12)C(=O)OCCO)C(=O)OCC1CO1)C(=O)OC. The van der Waals surface area contributed by atoms with Gasteiger partial charge in [-0.2, -0.15) is 0 Å². The number of carbonyl (C=O) groups excluding carboxylic acids is 4. The number of esters is 3. The van der Waals surface area contributed by atoms with Gasteiger partial charge >= 0.3 is 23.9 Å². The Hall–Kier alpha value is -4.35. The van der Waals surface area contributed by atoms with Crippen LogP contribution in [0.25, 0.3) is 21.5 Å². The van der Waals surface area contributed by atoms with Gasteiger partial charge in [0, 0.05) is 5.56 Å². The second-order valence-corrected chi connectivity index (χ2v) is 13.1. The minimum absolute atomic E-state index is 0.0401. The van der Waals surface area contributed by atoms with Crippen LogP contribution in [0.2, 0.25) is 0 Å². The molecular formula is C37H45NO10. The first kappa shape index (κ1) is 36.5. The van der Waals surface area contributed by atoms with Gasteiger partial charge in [0.05, 0.1) is 49.2 Å². The second kappa shape index (κ2) is 16.2. The molecule has 3 aromatic rings. The van der Waals surface area contributed by atoms with Crippen LogP contribution in [0, 0.1) is 22.7 Å². The van der Waals surface area contributed by atoms with E-state index in [1.54, 1.807) is 20.8 Å². The van der Waals surface area contributed by atoms with E-state index >= 15 is 0 Å². The number of fused-ring (bicyclic) bond motifs is 2. The molecule has 258 valence electrons. The lowest BCUT2D eigenvalue weighted by molar-refractivity contribution is -0.160. The van der Waals surface area contributed by atoms with Crippen molar-refractivity contribution in [1.29, 1.82) is 0 Å². The Morgan fingerprint density at radius 1 is 0.938 bits per heavy atom.